The summed E-state index contributed by atoms with van der Waals surface area (Å²) in [6.45, 7) is 0.524. The predicted molar refractivity (Wildman–Crippen MR) is 105 cm³/mol. The van der Waals surface area contributed by atoms with Crippen molar-refractivity contribution in [2.45, 2.75) is 11.6 Å². The summed E-state index contributed by atoms with van der Waals surface area (Å²) in [5, 5.41) is 5.90. The van der Waals surface area contributed by atoms with E-state index in [0.717, 1.165) is 11.3 Å². The van der Waals surface area contributed by atoms with Gasteiger partial charge in [-0.1, -0.05) is 30.0 Å². The fourth-order valence-corrected chi connectivity index (χ4v) is 4.14. The molecular formula is C18H19N3O3S2. The molecular weight excluding hydrogens is 370 g/mol. The molecule has 0 fully saturated rings. The fraction of sp³-hybridized carbons (Fsp3) is 0.278. The van der Waals surface area contributed by atoms with E-state index in [-0.39, 0.29) is 17.2 Å². The molecule has 2 aromatic heterocycles. The number of thiophene rings is 1. The van der Waals surface area contributed by atoms with Crippen LogP contribution in [0.1, 0.15) is 5.56 Å². The number of benzene rings is 1. The number of nitrogens with one attached hydrogen (secondary N) is 1. The van der Waals surface area contributed by atoms with Gasteiger partial charge in [0, 0.05) is 13.6 Å². The molecule has 3 aromatic rings. The molecule has 0 unspecified atom stereocenters. The molecule has 1 amide bonds. The molecule has 0 saturated heterocycles. The first-order chi connectivity index (χ1) is 12.6. The summed E-state index contributed by atoms with van der Waals surface area (Å²) < 4.78 is 6.79. The number of hydrogen-bond donors (Lipinski definition) is 1. The van der Waals surface area contributed by atoms with Crippen LogP contribution in [-0.4, -0.2) is 34.9 Å². The molecule has 2 heterocycles. The summed E-state index contributed by atoms with van der Waals surface area (Å²) in [6, 6.07) is 9.52. The van der Waals surface area contributed by atoms with Gasteiger partial charge in [0.05, 0.1) is 18.2 Å². The van der Waals surface area contributed by atoms with Crippen molar-refractivity contribution in [3.63, 3.8) is 0 Å². The molecule has 0 saturated carbocycles. The number of ether oxygens (including phenoxy) is 1. The van der Waals surface area contributed by atoms with E-state index in [1.807, 2.05) is 29.6 Å². The number of para-hydroxylation sites is 1. The maximum absolute atomic E-state index is 12.2. The molecule has 0 bridgehead atoms. The lowest BCUT2D eigenvalue weighted by atomic mass is 10.1. The highest BCUT2D eigenvalue weighted by Gasteiger charge is 2.11. The Labute approximate surface area is 159 Å². The number of methoxy groups -OCH3 is 1. The molecule has 1 N–H and O–H groups in total. The van der Waals surface area contributed by atoms with Crippen molar-refractivity contribution in [2.24, 2.45) is 7.05 Å². The van der Waals surface area contributed by atoms with Crippen molar-refractivity contribution in [3.8, 4) is 5.75 Å². The van der Waals surface area contributed by atoms with Gasteiger partial charge in [-0.15, -0.1) is 11.3 Å². The molecule has 0 atom stereocenters. The zero-order chi connectivity index (χ0) is 18.5. The van der Waals surface area contributed by atoms with Gasteiger partial charge >= 0.3 is 0 Å². The van der Waals surface area contributed by atoms with Crippen molar-refractivity contribution >= 4 is 39.2 Å². The van der Waals surface area contributed by atoms with Gasteiger partial charge in [-0.3, -0.25) is 14.2 Å². The second-order valence-electron chi connectivity index (χ2n) is 5.60. The summed E-state index contributed by atoms with van der Waals surface area (Å²) in [6.07, 6.45) is 0.693. The Hall–Kier alpha value is -2.32. The highest BCUT2D eigenvalue weighted by atomic mass is 32.2. The number of thioether (sulfide) groups is 1. The van der Waals surface area contributed by atoms with Crippen molar-refractivity contribution in [1.82, 2.24) is 14.9 Å². The average molecular weight is 390 g/mol. The monoisotopic (exact) mass is 389 g/mol. The first-order valence-electron chi connectivity index (χ1n) is 8.05. The minimum atomic E-state index is -0.0922. The van der Waals surface area contributed by atoms with Crippen molar-refractivity contribution in [3.05, 3.63) is 51.6 Å². The molecule has 6 nitrogen and oxygen atoms in total. The second kappa shape index (κ2) is 8.37. The van der Waals surface area contributed by atoms with Crippen LogP contribution in [0.2, 0.25) is 0 Å². The van der Waals surface area contributed by atoms with E-state index in [9.17, 15) is 9.59 Å². The van der Waals surface area contributed by atoms with Crippen LogP contribution in [0.25, 0.3) is 10.2 Å². The van der Waals surface area contributed by atoms with E-state index in [2.05, 4.69) is 10.3 Å². The van der Waals surface area contributed by atoms with Crippen LogP contribution in [-0.2, 0) is 18.3 Å². The van der Waals surface area contributed by atoms with E-state index in [4.69, 9.17) is 4.74 Å². The van der Waals surface area contributed by atoms with Crippen LogP contribution in [0.15, 0.2) is 45.7 Å². The normalized spacial score (nSPS) is 10.8. The van der Waals surface area contributed by atoms with Gasteiger partial charge in [0.15, 0.2) is 5.16 Å². The van der Waals surface area contributed by atoms with Crippen LogP contribution < -0.4 is 15.6 Å². The third kappa shape index (κ3) is 4.08. The lowest BCUT2D eigenvalue weighted by Crippen LogP contribution is -2.28. The fourth-order valence-electron chi connectivity index (χ4n) is 2.54. The van der Waals surface area contributed by atoms with E-state index in [1.54, 1.807) is 20.2 Å². The van der Waals surface area contributed by atoms with Crippen molar-refractivity contribution in [2.75, 3.05) is 19.4 Å². The molecule has 0 radical (unpaired) electrons. The Balaban J connectivity index is 1.54. The van der Waals surface area contributed by atoms with E-state index < -0.39 is 0 Å². The number of carbonyl (C=O) groups is 1. The number of fused-ring (bicyclic) bond motifs is 1. The zero-order valence-electron chi connectivity index (χ0n) is 14.5. The number of carbonyl (C=O) groups excluding carboxylic acids is 1. The maximum atomic E-state index is 12.2. The topological polar surface area (TPSA) is 73.2 Å². The maximum Gasteiger partial charge on any atom is 0.262 e. The summed E-state index contributed by atoms with van der Waals surface area (Å²) in [7, 11) is 3.31. The van der Waals surface area contributed by atoms with Gasteiger partial charge in [-0.05, 0) is 29.5 Å². The molecule has 8 heteroatoms. The predicted octanol–water partition coefficient (Wildman–Crippen LogP) is 2.45. The van der Waals surface area contributed by atoms with Gasteiger partial charge in [0.1, 0.15) is 10.6 Å². The summed E-state index contributed by atoms with van der Waals surface area (Å²) in [4.78, 5) is 29.5. The van der Waals surface area contributed by atoms with Crippen molar-refractivity contribution in [1.29, 1.82) is 0 Å². The van der Waals surface area contributed by atoms with Gasteiger partial charge in [-0.25, -0.2) is 4.98 Å². The lowest BCUT2D eigenvalue weighted by molar-refractivity contribution is -0.118. The van der Waals surface area contributed by atoms with Crippen LogP contribution in [0.4, 0.5) is 0 Å². The molecule has 0 aliphatic carbocycles. The van der Waals surface area contributed by atoms with E-state index in [1.165, 1.54) is 27.7 Å². The number of hydrogen-bond acceptors (Lipinski definition) is 6. The zero-order valence-corrected chi connectivity index (χ0v) is 16.2. The molecule has 0 spiro atoms. The van der Waals surface area contributed by atoms with Gasteiger partial charge in [0.25, 0.3) is 5.56 Å². The Bertz CT molecular complexity index is 981. The minimum absolute atomic E-state index is 0.0877. The van der Waals surface area contributed by atoms with E-state index >= 15 is 0 Å². The molecule has 26 heavy (non-hydrogen) atoms. The Morgan fingerprint density at radius 3 is 2.96 bits per heavy atom. The molecule has 0 aliphatic heterocycles. The standard InChI is InChI=1S/C18H19N3O3S2/c1-21-17(23)13-8-10-25-16(13)20-18(21)26-11-15(22)19-9-7-12-5-3-4-6-14(12)24-2/h3-6,8,10H,7,9,11H2,1-2H3,(H,19,22). The molecule has 1 aromatic carbocycles. The molecule has 3 rings (SSSR count). The van der Waals surface area contributed by atoms with Crippen LogP contribution in [0.3, 0.4) is 0 Å². The summed E-state index contributed by atoms with van der Waals surface area (Å²) in [5.74, 6) is 0.938. The van der Waals surface area contributed by atoms with Gasteiger partial charge in [0.2, 0.25) is 5.91 Å². The summed E-state index contributed by atoms with van der Waals surface area (Å²) in [5.41, 5.74) is 0.963. The van der Waals surface area contributed by atoms with Crippen molar-refractivity contribution < 1.29 is 9.53 Å². The quantitative estimate of drug-likeness (QED) is 0.496. The first-order valence-corrected chi connectivity index (χ1v) is 9.92. The molecule has 0 aliphatic rings. The number of nitrogens with zero attached hydrogens (tertiary/aromatic N) is 2. The van der Waals surface area contributed by atoms with Gasteiger partial charge in [-0.2, -0.15) is 0 Å². The smallest absolute Gasteiger partial charge is 0.262 e. The summed E-state index contributed by atoms with van der Waals surface area (Å²) >= 11 is 2.69. The third-order valence-electron chi connectivity index (χ3n) is 3.91. The number of amides is 1. The average Bonchev–Trinajstić information content (AvgIpc) is 3.12. The minimum Gasteiger partial charge on any atom is -0.496 e. The second-order valence-corrected chi connectivity index (χ2v) is 7.44. The Kier molecular flexibility index (Phi) is 5.95. The van der Waals surface area contributed by atoms with Crippen LogP contribution in [0.5, 0.6) is 5.75 Å². The number of rotatable bonds is 7. The van der Waals surface area contributed by atoms with Gasteiger partial charge < -0.3 is 10.1 Å². The SMILES string of the molecule is COc1ccccc1CCNC(=O)CSc1nc2sccc2c(=O)n1C. The Morgan fingerprint density at radius 2 is 2.15 bits per heavy atom. The van der Waals surface area contributed by atoms with Crippen LogP contribution >= 0.6 is 23.1 Å². The largest absolute Gasteiger partial charge is 0.496 e. The highest BCUT2D eigenvalue weighted by Crippen LogP contribution is 2.20. The van der Waals surface area contributed by atoms with E-state index in [0.29, 0.717) is 28.3 Å². The highest BCUT2D eigenvalue weighted by molar-refractivity contribution is 7.99. The Morgan fingerprint density at radius 1 is 1.35 bits per heavy atom. The number of aromatic nitrogens is 2. The third-order valence-corrected chi connectivity index (χ3v) is 5.74. The molecule has 136 valence electrons. The van der Waals surface area contributed by atoms with Crippen LogP contribution in [0, 0.1) is 0 Å². The first kappa shape index (κ1) is 18.5. The lowest BCUT2D eigenvalue weighted by Gasteiger charge is -2.09.